The molecule has 0 amide bonds. The van der Waals surface area contributed by atoms with Gasteiger partial charge in [0.1, 0.15) is 11.5 Å². The number of nitrogens with zero attached hydrogens (tertiary/aromatic N) is 2. The van der Waals surface area contributed by atoms with Crippen molar-refractivity contribution >= 4 is 0 Å². The van der Waals surface area contributed by atoms with Crippen molar-refractivity contribution in [3.63, 3.8) is 0 Å². The maximum Gasteiger partial charge on any atom is 0.156 e. The Balaban J connectivity index is 2.01. The topological polar surface area (TPSA) is 57.0 Å². The Morgan fingerprint density at radius 1 is 1.44 bits per heavy atom. The van der Waals surface area contributed by atoms with Crippen LogP contribution < -0.4 is 5.73 Å². The van der Waals surface area contributed by atoms with Crippen LogP contribution in [-0.2, 0) is 13.6 Å². The zero-order chi connectivity index (χ0) is 12.5. The largest absolute Gasteiger partial charge is 0.459 e. The molecule has 2 aromatic rings. The third kappa shape index (κ3) is 1.86. The lowest BCUT2D eigenvalue weighted by molar-refractivity contribution is 0.470. The van der Waals surface area contributed by atoms with Gasteiger partial charge in [0.05, 0.1) is 0 Å². The van der Waals surface area contributed by atoms with Crippen LogP contribution in [0.1, 0.15) is 42.9 Å². The fraction of sp³-hybridized carbons (Fsp3) is 0.500. The van der Waals surface area contributed by atoms with Crippen LogP contribution >= 0.6 is 0 Å². The van der Waals surface area contributed by atoms with E-state index in [4.69, 9.17) is 10.2 Å². The summed E-state index contributed by atoms with van der Waals surface area (Å²) in [5.41, 5.74) is 7.91. The molecule has 0 aromatic carbocycles. The van der Waals surface area contributed by atoms with Gasteiger partial charge < -0.3 is 10.2 Å². The first-order valence-electron chi connectivity index (χ1n) is 6.60. The number of aromatic nitrogens is 2. The minimum Gasteiger partial charge on any atom is -0.459 e. The zero-order valence-electron chi connectivity index (χ0n) is 10.7. The van der Waals surface area contributed by atoms with Gasteiger partial charge in [-0.1, -0.05) is 12.8 Å². The summed E-state index contributed by atoms with van der Waals surface area (Å²) in [5, 5.41) is 4.19. The number of rotatable bonds is 3. The second-order valence-corrected chi connectivity index (χ2v) is 5.03. The van der Waals surface area contributed by atoms with Crippen molar-refractivity contribution in [2.45, 2.75) is 38.1 Å². The van der Waals surface area contributed by atoms with Gasteiger partial charge in [-0.15, -0.1) is 0 Å². The highest BCUT2D eigenvalue weighted by Gasteiger charge is 2.23. The molecule has 2 heterocycles. The third-order valence-electron chi connectivity index (χ3n) is 3.86. The van der Waals surface area contributed by atoms with Crippen LogP contribution in [-0.4, -0.2) is 9.78 Å². The smallest absolute Gasteiger partial charge is 0.156 e. The monoisotopic (exact) mass is 245 g/mol. The van der Waals surface area contributed by atoms with Gasteiger partial charge in [-0.25, -0.2) is 0 Å². The van der Waals surface area contributed by atoms with E-state index in [-0.39, 0.29) is 0 Å². The summed E-state index contributed by atoms with van der Waals surface area (Å²) in [6.07, 6.45) is 6.88. The summed E-state index contributed by atoms with van der Waals surface area (Å²) in [6.45, 7) is 0.511. The van der Waals surface area contributed by atoms with Crippen LogP contribution in [0.15, 0.2) is 22.7 Å². The molecule has 0 radical (unpaired) electrons. The maximum atomic E-state index is 6.07. The lowest BCUT2D eigenvalue weighted by Gasteiger charge is -2.04. The highest BCUT2D eigenvalue weighted by Crippen LogP contribution is 2.38. The molecule has 0 spiro atoms. The Morgan fingerprint density at radius 2 is 2.22 bits per heavy atom. The van der Waals surface area contributed by atoms with E-state index < -0.39 is 0 Å². The van der Waals surface area contributed by atoms with E-state index >= 15 is 0 Å². The molecule has 0 atom stereocenters. The van der Waals surface area contributed by atoms with Crippen LogP contribution in [0.4, 0.5) is 0 Å². The molecule has 0 aliphatic heterocycles. The predicted molar refractivity (Wildman–Crippen MR) is 70.0 cm³/mol. The van der Waals surface area contributed by atoms with Crippen molar-refractivity contribution in [3.05, 3.63) is 29.7 Å². The molecule has 0 bridgehead atoms. The standard InChI is InChI=1S/C14H19N3O/c1-17-12(6-7-16-17)14-11(9-15)8-13(18-14)10-4-2-3-5-10/h6-8,10H,2-5,9,15H2,1H3. The molecule has 4 heteroatoms. The molecule has 2 N–H and O–H groups in total. The highest BCUT2D eigenvalue weighted by atomic mass is 16.3. The molecule has 4 nitrogen and oxygen atoms in total. The van der Waals surface area contributed by atoms with Crippen LogP contribution in [0.5, 0.6) is 0 Å². The van der Waals surface area contributed by atoms with Crippen molar-refractivity contribution in [1.29, 1.82) is 0 Å². The molecular formula is C14H19N3O. The fourth-order valence-corrected chi connectivity index (χ4v) is 2.83. The SMILES string of the molecule is Cn1nccc1-c1oc(C2CCCC2)cc1CN. The highest BCUT2D eigenvalue weighted by molar-refractivity contribution is 5.58. The summed E-state index contributed by atoms with van der Waals surface area (Å²) < 4.78 is 7.90. The normalized spacial score (nSPS) is 16.6. The second-order valence-electron chi connectivity index (χ2n) is 5.03. The van der Waals surface area contributed by atoms with E-state index in [9.17, 15) is 0 Å². The average Bonchev–Trinajstić information content (AvgIpc) is 3.07. The molecule has 18 heavy (non-hydrogen) atoms. The van der Waals surface area contributed by atoms with Crippen molar-refractivity contribution in [2.24, 2.45) is 12.8 Å². The lowest BCUT2D eigenvalue weighted by atomic mass is 10.0. The van der Waals surface area contributed by atoms with Crippen LogP contribution in [0.25, 0.3) is 11.5 Å². The predicted octanol–water partition coefficient (Wildman–Crippen LogP) is 2.80. The second kappa shape index (κ2) is 4.61. The molecule has 1 saturated carbocycles. The van der Waals surface area contributed by atoms with Gasteiger partial charge >= 0.3 is 0 Å². The van der Waals surface area contributed by atoms with Gasteiger partial charge in [0.15, 0.2) is 5.76 Å². The van der Waals surface area contributed by atoms with Gasteiger partial charge in [-0.05, 0) is 25.0 Å². The minimum atomic E-state index is 0.511. The quantitative estimate of drug-likeness (QED) is 0.904. The number of hydrogen-bond acceptors (Lipinski definition) is 3. The Bertz CT molecular complexity index is 535. The van der Waals surface area contributed by atoms with E-state index in [1.807, 2.05) is 17.8 Å². The number of aryl methyl sites for hydroxylation is 1. The Labute approximate surface area is 107 Å². The fourth-order valence-electron chi connectivity index (χ4n) is 2.83. The summed E-state index contributed by atoms with van der Waals surface area (Å²) in [4.78, 5) is 0. The van der Waals surface area contributed by atoms with Gasteiger partial charge in [0, 0.05) is 31.3 Å². The molecule has 2 aromatic heterocycles. The van der Waals surface area contributed by atoms with Crippen molar-refractivity contribution in [1.82, 2.24) is 9.78 Å². The summed E-state index contributed by atoms with van der Waals surface area (Å²) in [5.74, 6) is 2.57. The first-order valence-corrected chi connectivity index (χ1v) is 6.60. The summed E-state index contributed by atoms with van der Waals surface area (Å²) in [6, 6.07) is 4.11. The molecule has 3 rings (SSSR count). The van der Waals surface area contributed by atoms with E-state index in [2.05, 4.69) is 11.2 Å². The van der Waals surface area contributed by atoms with Gasteiger partial charge in [0.25, 0.3) is 0 Å². The molecule has 0 saturated heterocycles. The number of furan rings is 1. The summed E-state index contributed by atoms with van der Waals surface area (Å²) in [7, 11) is 1.92. The molecule has 1 fully saturated rings. The van der Waals surface area contributed by atoms with Crippen LogP contribution in [0.3, 0.4) is 0 Å². The van der Waals surface area contributed by atoms with Gasteiger partial charge in [-0.3, -0.25) is 4.68 Å². The van der Waals surface area contributed by atoms with E-state index in [1.165, 1.54) is 25.7 Å². The molecule has 1 aliphatic carbocycles. The van der Waals surface area contributed by atoms with Crippen molar-refractivity contribution in [3.8, 4) is 11.5 Å². The van der Waals surface area contributed by atoms with E-state index in [0.717, 1.165) is 22.8 Å². The average molecular weight is 245 g/mol. The van der Waals surface area contributed by atoms with Gasteiger partial charge in [0.2, 0.25) is 0 Å². The maximum absolute atomic E-state index is 6.07. The number of nitrogens with two attached hydrogens (primary N) is 1. The Hall–Kier alpha value is -1.55. The summed E-state index contributed by atoms with van der Waals surface area (Å²) >= 11 is 0. The molecule has 96 valence electrons. The molecule has 0 unspecified atom stereocenters. The van der Waals surface area contributed by atoms with Crippen molar-refractivity contribution < 1.29 is 4.42 Å². The van der Waals surface area contributed by atoms with Crippen LogP contribution in [0, 0.1) is 0 Å². The Morgan fingerprint density at radius 3 is 2.83 bits per heavy atom. The Kier molecular flexibility index (Phi) is 2.96. The van der Waals surface area contributed by atoms with Crippen LogP contribution in [0.2, 0.25) is 0 Å². The van der Waals surface area contributed by atoms with E-state index in [1.54, 1.807) is 6.20 Å². The lowest BCUT2D eigenvalue weighted by Crippen LogP contribution is -1.99. The third-order valence-corrected chi connectivity index (χ3v) is 3.86. The first kappa shape index (κ1) is 11.5. The van der Waals surface area contributed by atoms with E-state index in [0.29, 0.717) is 12.5 Å². The minimum absolute atomic E-state index is 0.511. The van der Waals surface area contributed by atoms with Gasteiger partial charge in [-0.2, -0.15) is 5.10 Å². The molecular weight excluding hydrogens is 226 g/mol. The zero-order valence-corrected chi connectivity index (χ0v) is 10.7. The molecule has 1 aliphatic rings. The number of hydrogen-bond donors (Lipinski definition) is 1. The van der Waals surface area contributed by atoms with Crippen molar-refractivity contribution in [2.75, 3.05) is 0 Å². The first-order chi connectivity index (χ1) is 8.79.